The Morgan fingerprint density at radius 2 is 2.36 bits per heavy atom. The minimum atomic E-state index is -0.656. The Bertz CT molecular complexity index is 213. The number of hydrogen-bond acceptors (Lipinski definition) is 2. The van der Waals surface area contributed by atoms with Crippen LogP contribution in [0.15, 0.2) is 18.5 Å². The van der Waals surface area contributed by atoms with Gasteiger partial charge in [-0.3, -0.25) is 4.98 Å². The van der Waals surface area contributed by atoms with Gasteiger partial charge in [-0.25, -0.2) is 0 Å². The van der Waals surface area contributed by atoms with Crippen LogP contribution in [-0.2, 0) is 6.42 Å². The highest BCUT2D eigenvalue weighted by atomic mass is 16.3. The van der Waals surface area contributed by atoms with Gasteiger partial charge in [0.05, 0.1) is 5.60 Å². The second-order valence-corrected chi connectivity index (χ2v) is 3.28. The molecule has 1 rings (SSSR count). The van der Waals surface area contributed by atoms with Gasteiger partial charge in [-0.1, -0.05) is 0 Å². The molecule has 11 heavy (non-hydrogen) atoms. The number of rotatable bonds is 2. The lowest BCUT2D eigenvalue weighted by atomic mass is 10.0. The van der Waals surface area contributed by atoms with Crippen LogP contribution in [0.5, 0.6) is 0 Å². The fourth-order valence-corrected chi connectivity index (χ4v) is 0.954. The first-order valence-electron chi connectivity index (χ1n) is 3.60. The number of aliphatic hydroxyl groups is 1. The summed E-state index contributed by atoms with van der Waals surface area (Å²) in [5, 5.41) is 9.43. The smallest absolute Gasteiger partial charge is 0.0632 e. The lowest BCUT2D eigenvalue weighted by molar-refractivity contribution is 0.0809. The molecule has 1 N–H and O–H groups in total. The highest BCUT2D eigenvalue weighted by Gasteiger charge is 2.12. The third-order valence-electron chi connectivity index (χ3n) is 1.29. The molecule has 0 atom stereocenters. The predicted octanol–water partition coefficient (Wildman–Crippen LogP) is 1.20. The van der Waals surface area contributed by atoms with E-state index in [1.807, 2.05) is 6.07 Å². The molecule has 0 unspecified atom stereocenters. The summed E-state index contributed by atoms with van der Waals surface area (Å²) >= 11 is 0. The zero-order chi connectivity index (χ0) is 8.32. The first-order valence-corrected chi connectivity index (χ1v) is 3.60. The molecule has 0 fully saturated rings. The molecule has 1 heterocycles. The molecule has 2 nitrogen and oxygen atoms in total. The van der Waals surface area contributed by atoms with E-state index in [0.29, 0.717) is 6.42 Å². The normalized spacial score (nSPS) is 11.5. The molecule has 1 aromatic heterocycles. The third kappa shape index (κ3) is 3.14. The minimum absolute atomic E-state index is 0.622. The van der Waals surface area contributed by atoms with Crippen molar-refractivity contribution in [3.63, 3.8) is 0 Å². The maximum Gasteiger partial charge on any atom is 0.0632 e. The van der Waals surface area contributed by atoms with Crippen molar-refractivity contribution in [2.45, 2.75) is 25.9 Å². The standard InChI is InChI=1S/C9H12NO/c1-9(2,11)6-8-4-3-5-10-7-8/h4-5,7,11H,6H2,1-2H3. The molecule has 0 aliphatic heterocycles. The molecule has 0 bridgehead atoms. The van der Waals surface area contributed by atoms with Crippen LogP contribution >= 0.6 is 0 Å². The summed E-state index contributed by atoms with van der Waals surface area (Å²) in [5.74, 6) is 0. The maximum absolute atomic E-state index is 9.43. The SMILES string of the molecule is CC(C)(O)Cc1c[c]cnc1. The molecule has 59 valence electrons. The molecule has 0 aromatic carbocycles. The Labute approximate surface area is 66.9 Å². The molecule has 0 spiro atoms. The molecule has 2 heteroatoms. The second-order valence-electron chi connectivity index (χ2n) is 3.28. The molecule has 1 aromatic rings. The van der Waals surface area contributed by atoms with Crippen LogP contribution in [0.3, 0.4) is 0 Å². The highest BCUT2D eigenvalue weighted by molar-refractivity contribution is 5.09. The van der Waals surface area contributed by atoms with Crippen molar-refractivity contribution in [2.75, 3.05) is 0 Å². The monoisotopic (exact) mass is 150 g/mol. The summed E-state index contributed by atoms with van der Waals surface area (Å²) in [6.07, 6.45) is 3.97. The molecule has 0 aliphatic rings. The Hall–Kier alpha value is -0.890. The molecular formula is C9H12NO. The van der Waals surface area contributed by atoms with Crippen molar-refractivity contribution in [3.05, 3.63) is 30.1 Å². The number of hydrogen-bond donors (Lipinski definition) is 1. The van der Waals surface area contributed by atoms with E-state index in [1.165, 1.54) is 0 Å². The first kappa shape index (κ1) is 8.21. The highest BCUT2D eigenvalue weighted by Crippen LogP contribution is 2.09. The third-order valence-corrected chi connectivity index (χ3v) is 1.29. The van der Waals surface area contributed by atoms with Crippen LogP contribution in [0.4, 0.5) is 0 Å². The predicted molar refractivity (Wildman–Crippen MR) is 43.1 cm³/mol. The molecule has 0 saturated carbocycles. The van der Waals surface area contributed by atoms with Crippen LogP contribution in [0.25, 0.3) is 0 Å². The van der Waals surface area contributed by atoms with Gasteiger partial charge in [-0.15, -0.1) is 0 Å². The van der Waals surface area contributed by atoms with E-state index >= 15 is 0 Å². The average molecular weight is 150 g/mol. The molecule has 0 amide bonds. The van der Waals surface area contributed by atoms with Crippen molar-refractivity contribution < 1.29 is 5.11 Å². The largest absolute Gasteiger partial charge is 0.390 e. The van der Waals surface area contributed by atoms with E-state index in [4.69, 9.17) is 0 Å². The Balaban J connectivity index is 2.66. The Morgan fingerprint density at radius 1 is 1.64 bits per heavy atom. The minimum Gasteiger partial charge on any atom is -0.390 e. The van der Waals surface area contributed by atoms with Crippen molar-refractivity contribution in [3.8, 4) is 0 Å². The van der Waals surface area contributed by atoms with Crippen molar-refractivity contribution in [2.24, 2.45) is 0 Å². The summed E-state index contributed by atoms with van der Waals surface area (Å²) in [5.41, 5.74) is 0.358. The molecule has 0 aliphatic carbocycles. The van der Waals surface area contributed by atoms with Crippen molar-refractivity contribution in [1.82, 2.24) is 4.98 Å². The van der Waals surface area contributed by atoms with Gasteiger partial charge in [0, 0.05) is 24.9 Å². The quantitative estimate of drug-likeness (QED) is 0.687. The Kier molecular flexibility index (Phi) is 2.25. The van der Waals surface area contributed by atoms with Gasteiger partial charge in [0.25, 0.3) is 0 Å². The zero-order valence-electron chi connectivity index (χ0n) is 6.83. The van der Waals surface area contributed by atoms with Gasteiger partial charge >= 0.3 is 0 Å². The fourth-order valence-electron chi connectivity index (χ4n) is 0.954. The zero-order valence-corrected chi connectivity index (χ0v) is 6.83. The first-order chi connectivity index (χ1) is 5.08. The topological polar surface area (TPSA) is 33.1 Å². The summed E-state index contributed by atoms with van der Waals surface area (Å²) in [6, 6.07) is 4.70. The van der Waals surface area contributed by atoms with Gasteiger partial charge in [-0.2, -0.15) is 0 Å². The van der Waals surface area contributed by atoms with Crippen LogP contribution in [0, 0.1) is 6.07 Å². The fraction of sp³-hybridized carbons (Fsp3) is 0.444. The van der Waals surface area contributed by atoms with Gasteiger partial charge in [0.2, 0.25) is 0 Å². The molecular weight excluding hydrogens is 138 g/mol. The van der Waals surface area contributed by atoms with Crippen LogP contribution < -0.4 is 0 Å². The van der Waals surface area contributed by atoms with E-state index in [2.05, 4.69) is 11.1 Å². The summed E-state index contributed by atoms with van der Waals surface area (Å²) in [6.45, 7) is 3.56. The lowest BCUT2D eigenvalue weighted by Gasteiger charge is -2.15. The number of nitrogens with zero attached hydrogens (tertiary/aromatic N) is 1. The van der Waals surface area contributed by atoms with Crippen LogP contribution in [0.1, 0.15) is 19.4 Å². The van der Waals surface area contributed by atoms with Crippen LogP contribution in [-0.4, -0.2) is 15.7 Å². The van der Waals surface area contributed by atoms with Gasteiger partial charge in [0.15, 0.2) is 0 Å². The van der Waals surface area contributed by atoms with E-state index in [9.17, 15) is 5.11 Å². The van der Waals surface area contributed by atoms with Gasteiger partial charge in [-0.05, 0) is 25.5 Å². The van der Waals surface area contributed by atoms with Crippen molar-refractivity contribution >= 4 is 0 Å². The van der Waals surface area contributed by atoms with Crippen LogP contribution in [0.2, 0.25) is 0 Å². The molecule has 0 saturated heterocycles. The number of aromatic nitrogens is 1. The Morgan fingerprint density at radius 3 is 2.82 bits per heavy atom. The van der Waals surface area contributed by atoms with Gasteiger partial charge in [0.1, 0.15) is 0 Å². The summed E-state index contributed by atoms with van der Waals surface area (Å²) in [7, 11) is 0. The van der Waals surface area contributed by atoms with E-state index in [1.54, 1.807) is 26.2 Å². The van der Waals surface area contributed by atoms with E-state index < -0.39 is 5.60 Å². The average Bonchev–Trinajstić information content (AvgIpc) is 1.85. The molecule has 1 radical (unpaired) electrons. The van der Waals surface area contributed by atoms with E-state index in [0.717, 1.165) is 5.56 Å². The summed E-state index contributed by atoms with van der Waals surface area (Å²) < 4.78 is 0. The summed E-state index contributed by atoms with van der Waals surface area (Å²) in [4.78, 5) is 3.90. The van der Waals surface area contributed by atoms with E-state index in [-0.39, 0.29) is 0 Å². The van der Waals surface area contributed by atoms with Gasteiger partial charge < -0.3 is 5.11 Å². The van der Waals surface area contributed by atoms with Crippen molar-refractivity contribution in [1.29, 1.82) is 0 Å². The second kappa shape index (κ2) is 3.01. The maximum atomic E-state index is 9.43. The number of pyridine rings is 1. The lowest BCUT2D eigenvalue weighted by Crippen LogP contribution is -2.21.